The second-order valence-electron chi connectivity index (χ2n) is 6.93. The van der Waals surface area contributed by atoms with Crippen LogP contribution in [0.25, 0.3) is 0 Å². The van der Waals surface area contributed by atoms with Gasteiger partial charge in [0.05, 0.1) is 17.2 Å². The van der Waals surface area contributed by atoms with Crippen LogP contribution in [0.5, 0.6) is 0 Å². The van der Waals surface area contributed by atoms with Crippen LogP contribution in [0.3, 0.4) is 0 Å². The first-order valence-corrected chi connectivity index (χ1v) is 11.0. The van der Waals surface area contributed by atoms with Gasteiger partial charge in [0, 0.05) is 18.8 Å². The predicted octanol–water partition coefficient (Wildman–Crippen LogP) is 2.67. The number of carbonyl (C=O) groups excluding carboxylic acids is 2. The zero-order valence-corrected chi connectivity index (χ0v) is 17.3. The molecule has 0 radical (unpaired) electrons. The molecule has 0 spiro atoms. The molecule has 1 heterocycles. The molecule has 1 saturated heterocycles. The fourth-order valence-corrected chi connectivity index (χ4v) is 4.76. The SMILES string of the molecule is N#Cc1cccc(NC(=O)COC(=O)c2ccc(F)c(S(=O)(=O)N3CCCCC3)c2)c1. The van der Waals surface area contributed by atoms with Crippen LogP contribution in [0.4, 0.5) is 10.1 Å². The maximum atomic E-state index is 14.3. The summed E-state index contributed by atoms with van der Waals surface area (Å²) < 4.78 is 45.9. The van der Waals surface area contributed by atoms with Crippen molar-refractivity contribution in [3.05, 3.63) is 59.4 Å². The summed E-state index contributed by atoms with van der Waals surface area (Å²) in [5, 5.41) is 11.4. The zero-order valence-electron chi connectivity index (χ0n) is 16.5. The summed E-state index contributed by atoms with van der Waals surface area (Å²) in [4.78, 5) is 23.7. The number of nitrogens with one attached hydrogen (secondary N) is 1. The smallest absolute Gasteiger partial charge is 0.338 e. The molecular formula is C21H20FN3O5S. The van der Waals surface area contributed by atoms with Crippen molar-refractivity contribution in [3.8, 4) is 6.07 Å². The van der Waals surface area contributed by atoms with Crippen LogP contribution in [0.2, 0.25) is 0 Å². The van der Waals surface area contributed by atoms with Gasteiger partial charge in [0.15, 0.2) is 6.61 Å². The largest absolute Gasteiger partial charge is 0.452 e. The highest BCUT2D eigenvalue weighted by Crippen LogP contribution is 2.24. The number of esters is 1. The number of amides is 1. The Morgan fingerprint density at radius 2 is 1.87 bits per heavy atom. The van der Waals surface area contributed by atoms with Gasteiger partial charge in [-0.1, -0.05) is 12.5 Å². The highest BCUT2D eigenvalue weighted by molar-refractivity contribution is 7.89. The number of halogens is 1. The average Bonchev–Trinajstić information content (AvgIpc) is 2.78. The van der Waals surface area contributed by atoms with E-state index in [-0.39, 0.29) is 5.56 Å². The summed E-state index contributed by atoms with van der Waals surface area (Å²) in [7, 11) is -4.08. The normalized spacial score (nSPS) is 14.5. The monoisotopic (exact) mass is 445 g/mol. The van der Waals surface area contributed by atoms with Crippen LogP contribution >= 0.6 is 0 Å². The van der Waals surface area contributed by atoms with E-state index in [2.05, 4.69) is 5.32 Å². The number of nitrogens with zero attached hydrogens (tertiary/aromatic N) is 2. The highest BCUT2D eigenvalue weighted by Gasteiger charge is 2.29. The number of piperidine rings is 1. The van der Waals surface area contributed by atoms with Crippen LogP contribution in [0, 0.1) is 17.1 Å². The molecule has 3 rings (SSSR count). The molecule has 1 aliphatic rings. The van der Waals surface area contributed by atoms with Crippen molar-refractivity contribution in [2.75, 3.05) is 25.0 Å². The zero-order chi connectivity index (χ0) is 22.4. The molecule has 10 heteroatoms. The first kappa shape index (κ1) is 22.4. The molecule has 31 heavy (non-hydrogen) atoms. The van der Waals surface area contributed by atoms with Gasteiger partial charge in [-0.05, 0) is 49.2 Å². The van der Waals surface area contributed by atoms with Crippen molar-refractivity contribution < 1.29 is 27.1 Å². The summed E-state index contributed by atoms with van der Waals surface area (Å²) in [6, 6.07) is 11.0. The Bertz CT molecular complexity index is 1140. The average molecular weight is 445 g/mol. The van der Waals surface area contributed by atoms with E-state index in [0.29, 0.717) is 37.2 Å². The third kappa shape index (κ3) is 5.45. The lowest BCUT2D eigenvalue weighted by molar-refractivity contribution is -0.119. The summed E-state index contributed by atoms with van der Waals surface area (Å²) in [5.74, 6) is -2.57. The number of sulfonamides is 1. The lowest BCUT2D eigenvalue weighted by Gasteiger charge is -2.26. The Morgan fingerprint density at radius 1 is 1.13 bits per heavy atom. The van der Waals surface area contributed by atoms with Crippen molar-refractivity contribution in [1.82, 2.24) is 4.31 Å². The maximum absolute atomic E-state index is 14.3. The highest BCUT2D eigenvalue weighted by atomic mass is 32.2. The summed E-state index contributed by atoms with van der Waals surface area (Å²) in [5.41, 5.74) is 0.525. The van der Waals surface area contributed by atoms with E-state index >= 15 is 0 Å². The Hall–Kier alpha value is -3.29. The van der Waals surface area contributed by atoms with E-state index in [1.165, 1.54) is 10.4 Å². The number of ether oxygens (including phenoxy) is 1. The standard InChI is InChI=1S/C21H20FN3O5S/c22-18-8-7-16(12-19(18)31(28,29)25-9-2-1-3-10-25)21(27)30-14-20(26)24-17-6-4-5-15(11-17)13-23/h4-8,11-12H,1-3,9-10,14H2,(H,24,26). The second kappa shape index (κ2) is 9.68. The third-order valence-electron chi connectivity index (χ3n) is 4.71. The predicted molar refractivity (Wildman–Crippen MR) is 109 cm³/mol. The molecule has 0 saturated carbocycles. The molecule has 1 fully saturated rings. The van der Waals surface area contributed by atoms with Crippen molar-refractivity contribution >= 4 is 27.6 Å². The molecule has 1 amide bonds. The van der Waals surface area contributed by atoms with Gasteiger partial charge in [-0.3, -0.25) is 4.79 Å². The van der Waals surface area contributed by atoms with Crippen LogP contribution in [0.15, 0.2) is 47.4 Å². The number of nitriles is 1. The van der Waals surface area contributed by atoms with Gasteiger partial charge < -0.3 is 10.1 Å². The molecule has 8 nitrogen and oxygen atoms in total. The fourth-order valence-electron chi connectivity index (χ4n) is 3.15. The first-order chi connectivity index (χ1) is 14.8. The molecule has 0 bridgehead atoms. The molecule has 1 N–H and O–H groups in total. The van der Waals surface area contributed by atoms with Crippen molar-refractivity contribution in [2.24, 2.45) is 0 Å². The van der Waals surface area contributed by atoms with Crippen LogP contribution in [-0.4, -0.2) is 44.3 Å². The number of hydrogen-bond acceptors (Lipinski definition) is 6. The number of carbonyl (C=O) groups is 2. The van der Waals surface area contributed by atoms with Gasteiger partial charge in [-0.25, -0.2) is 17.6 Å². The number of anilines is 1. The lowest BCUT2D eigenvalue weighted by Crippen LogP contribution is -2.36. The minimum absolute atomic E-state index is 0.184. The van der Waals surface area contributed by atoms with Crippen molar-refractivity contribution in [1.29, 1.82) is 5.26 Å². The van der Waals surface area contributed by atoms with Crippen molar-refractivity contribution in [3.63, 3.8) is 0 Å². The second-order valence-corrected chi connectivity index (χ2v) is 8.83. The summed E-state index contributed by atoms with van der Waals surface area (Å²) in [6.45, 7) is -0.0472. The fraction of sp³-hybridized carbons (Fsp3) is 0.286. The van der Waals surface area contributed by atoms with Crippen LogP contribution < -0.4 is 5.32 Å². The van der Waals surface area contributed by atoms with E-state index in [0.717, 1.165) is 24.6 Å². The summed E-state index contributed by atoms with van der Waals surface area (Å²) >= 11 is 0. The van der Waals surface area contributed by atoms with Gasteiger partial charge >= 0.3 is 5.97 Å². The maximum Gasteiger partial charge on any atom is 0.338 e. The van der Waals surface area contributed by atoms with Crippen LogP contribution in [0.1, 0.15) is 35.2 Å². The van der Waals surface area contributed by atoms with E-state index < -0.39 is 39.2 Å². The van der Waals surface area contributed by atoms with Gasteiger partial charge in [0.2, 0.25) is 10.0 Å². The molecule has 2 aromatic carbocycles. The number of rotatable bonds is 6. The molecule has 162 valence electrons. The molecule has 2 aromatic rings. The summed E-state index contributed by atoms with van der Waals surface area (Å²) in [6.07, 6.45) is 2.29. The third-order valence-corrected chi connectivity index (χ3v) is 6.62. The molecule has 0 unspecified atom stereocenters. The van der Waals surface area contributed by atoms with E-state index in [1.807, 2.05) is 6.07 Å². The number of benzene rings is 2. The quantitative estimate of drug-likeness (QED) is 0.684. The topological polar surface area (TPSA) is 117 Å². The Morgan fingerprint density at radius 3 is 2.58 bits per heavy atom. The molecule has 0 aliphatic carbocycles. The Kier molecular flexibility index (Phi) is 6.99. The Labute approximate surface area is 179 Å². The van der Waals surface area contributed by atoms with E-state index in [4.69, 9.17) is 10.00 Å². The van der Waals surface area contributed by atoms with E-state index in [1.54, 1.807) is 18.2 Å². The van der Waals surface area contributed by atoms with Crippen LogP contribution in [-0.2, 0) is 19.6 Å². The van der Waals surface area contributed by atoms with Gasteiger partial charge in [-0.15, -0.1) is 0 Å². The van der Waals surface area contributed by atoms with Gasteiger partial charge in [0.25, 0.3) is 5.91 Å². The molecule has 0 atom stereocenters. The Balaban J connectivity index is 1.67. The molecule has 1 aliphatic heterocycles. The molecule has 0 aromatic heterocycles. The van der Waals surface area contributed by atoms with Gasteiger partial charge in [-0.2, -0.15) is 9.57 Å². The number of hydrogen-bond donors (Lipinski definition) is 1. The lowest BCUT2D eigenvalue weighted by atomic mass is 10.2. The van der Waals surface area contributed by atoms with Crippen molar-refractivity contribution in [2.45, 2.75) is 24.2 Å². The first-order valence-electron chi connectivity index (χ1n) is 9.58. The minimum Gasteiger partial charge on any atom is -0.452 e. The minimum atomic E-state index is -4.08. The van der Waals surface area contributed by atoms with E-state index in [9.17, 15) is 22.4 Å². The van der Waals surface area contributed by atoms with Gasteiger partial charge in [0.1, 0.15) is 10.7 Å². The molecular weight excluding hydrogens is 425 g/mol.